The Morgan fingerprint density at radius 1 is 1.32 bits per heavy atom. The first kappa shape index (κ1) is 20.4. The highest BCUT2D eigenvalue weighted by atomic mass is 32.1. The van der Waals surface area contributed by atoms with Gasteiger partial charge in [-0.05, 0) is 53.1 Å². The Hall–Kier alpha value is -3.92. The summed E-state index contributed by atoms with van der Waals surface area (Å²) in [5.74, 6) is -0.573. The Kier molecular flexibility index (Phi) is 5.54. The molecule has 0 bridgehead atoms. The van der Waals surface area contributed by atoms with Crippen LogP contribution in [0.3, 0.4) is 0 Å². The molecule has 1 aliphatic heterocycles. The summed E-state index contributed by atoms with van der Waals surface area (Å²) < 4.78 is 5.42. The molecule has 2 amide bonds. The molecule has 3 N–H and O–H groups in total. The van der Waals surface area contributed by atoms with Crippen LogP contribution in [0.15, 0.2) is 53.5 Å². The first-order valence-electron chi connectivity index (χ1n) is 9.38. The molecule has 3 aromatic rings. The van der Waals surface area contributed by atoms with E-state index in [1.54, 1.807) is 25.4 Å². The quantitative estimate of drug-likeness (QED) is 0.393. The van der Waals surface area contributed by atoms with E-state index >= 15 is 0 Å². The predicted octanol–water partition coefficient (Wildman–Crippen LogP) is 4.08. The molecule has 1 atom stereocenters. The number of amides is 2. The van der Waals surface area contributed by atoms with Crippen molar-refractivity contribution in [3.8, 4) is 11.5 Å². The Balaban J connectivity index is 1.96. The van der Waals surface area contributed by atoms with Crippen LogP contribution in [0, 0.1) is 10.1 Å². The fourth-order valence-electron chi connectivity index (χ4n) is 3.47. The van der Waals surface area contributed by atoms with Crippen LogP contribution >= 0.6 is 11.3 Å². The number of urea groups is 1. The second-order valence-electron chi connectivity index (χ2n) is 6.65. The zero-order chi connectivity index (χ0) is 22.0. The molecule has 0 aliphatic carbocycles. The zero-order valence-electron chi connectivity index (χ0n) is 16.4. The van der Waals surface area contributed by atoms with Gasteiger partial charge in [-0.25, -0.2) is 4.79 Å². The first-order valence-corrected chi connectivity index (χ1v) is 10.3. The van der Waals surface area contributed by atoms with Crippen molar-refractivity contribution in [2.24, 2.45) is 0 Å². The number of benzene rings is 1. The monoisotopic (exact) mass is 438 g/mol. The van der Waals surface area contributed by atoms with Crippen LogP contribution in [-0.4, -0.2) is 27.7 Å². The maximum atomic E-state index is 12.6. The Morgan fingerprint density at radius 2 is 2.16 bits per heavy atom. The Labute approximate surface area is 181 Å². The number of hydrogen-bond donors (Lipinski definition) is 3. The highest BCUT2D eigenvalue weighted by molar-refractivity contribution is 7.08. The van der Waals surface area contributed by atoms with E-state index in [4.69, 9.17) is 4.74 Å². The summed E-state index contributed by atoms with van der Waals surface area (Å²) >= 11 is 1.49. The number of nitrogens with zero attached hydrogens (tertiary/aromatic N) is 2. The van der Waals surface area contributed by atoms with E-state index in [0.717, 1.165) is 11.1 Å². The maximum absolute atomic E-state index is 12.6. The second kappa shape index (κ2) is 8.44. The fraction of sp³-hybridized carbons (Fsp3) is 0.143. The number of nitrogens with one attached hydrogen (secondary N) is 2. The number of rotatable bonds is 6. The van der Waals surface area contributed by atoms with Gasteiger partial charge >= 0.3 is 11.7 Å². The highest BCUT2D eigenvalue weighted by Crippen LogP contribution is 2.44. The summed E-state index contributed by atoms with van der Waals surface area (Å²) in [4.78, 5) is 27.6. The summed E-state index contributed by atoms with van der Waals surface area (Å²) in [6, 6.07) is 7.06. The molecule has 10 heteroatoms. The second-order valence-corrected chi connectivity index (χ2v) is 7.43. The van der Waals surface area contributed by atoms with E-state index < -0.39 is 28.4 Å². The van der Waals surface area contributed by atoms with E-state index in [0.29, 0.717) is 16.8 Å². The lowest BCUT2D eigenvalue weighted by Gasteiger charge is -2.30. The van der Waals surface area contributed by atoms with Gasteiger partial charge in [0, 0.05) is 29.6 Å². The fourth-order valence-corrected chi connectivity index (χ4v) is 4.12. The van der Waals surface area contributed by atoms with Crippen LogP contribution in [0.4, 0.5) is 10.5 Å². The predicted molar refractivity (Wildman–Crippen MR) is 116 cm³/mol. The van der Waals surface area contributed by atoms with Gasteiger partial charge in [0.05, 0.1) is 23.3 Å². The van der Waals surface area contributed by atoms with Crippen LogP contribution in [0.2, 0.25) is 0 Å². The molecule has 0 spiro atoms. The molecule has 0 fully saturated rings. The zero-order valence-corrected chi connectivity index (χ0v) is 17.2. The number of aromatic hydroxyl groups is 1. The average molecular weight is 438 g/mol. The van der Waals surface area contributed by atoms with Crippen LogP contribution in [0.1, 0.15) is 29.7 Å². The molecule has 158 valence electrons. The molecular weight excluding hydrogens is 420 g/mol. The molecule has 0 unspecified atom stereocenters. The van der Waals surface area contributed by atoms with E-state index in [1.807, 2.05) is 22.9 Å². The maximum Gasteiger partial charge on any atom is 0.320 e. The lowest BCUT2D eigenvalue weighted by Crippen LogP contribution is -2.43. The van der Waals surface area contributed by atoms with Gasteiger partial charge in [-0.15, -0.1) is 0 Å². The minimum Gasteiger partial charge on any atom is -0.500 e. The van der Waals surface area contributed by atoms with E-state index in [1.165, 1.54) is 23.5 Å². The topological polar surface area (TPSA) is 127 Å². The molecule has 3 heterocycles. The minimum absolute atomic E-state index is 0.0212. The number of carbonyl (C=O) groups is 1. The van der Waals surface area contributed by atoms with Crippen molar-refractivity contribution in [2.75, 3.05) is 6.61 Å². The van der Waals surface area contributed by atoms with Gasteiger partial charge < -0.3 is 20.5 Å². The van der Waals surface area contributed by atoms with Gasteiger partial charge in [-0.3, -0.25) is 15.1 Å². The lowest BCUT2D eigenvalue weighted by atomic mass is 9.89. The number of phenolic OH excluding ortho intramolecular Hbond substituents is 1. The number of nitro benzene ring substituents is 1. The van der Waals surface area contributed by atoms with Crippen molar-refractivity contribution >= 4 is 34.3 Å². The number of phenols is 1. The molecule has 31 heavy (non-hydrogen) atoms. The van der Waals surface area contributed by atoms with Crippen molar-refractivity contribution < 1.29 is 19.6 Å². The van der Waals surface area contributed by atoms with E-state index in [9.17, 15) is 20.0 Å². The highest BCUT2D eigenvalue weighted by Gasteiger charge is 2.33. The standard InChI is InChI=1S/C21H18N4O5S/c1-2-30-16-9-14(8-15(20(16)26)25(28)29)19-17(13-5-7-31-11-13)18(23-21(27)24-19)12-4-3-6-22-10-12/h3-11,19,26H,2H2,1H3,(H2,23,24,27)/t19-/m0/s1. The summed E-state index contributed by atoms with van der Waals surface area (Å²) in [7, 11) is 0. The van der Waals surface area contributed by atoms with Crippen LogP contribution in [0.25, 0.3) is 11.3 Å². The number of nitro groups is 1. The smallest absolute Gasteiger partial charge is 0.320 e. The molecule has 1 aromatic carbocycles. The van der Waals surface area contributed by atoms with Crippen molar-refractivity contribution in [1.29, 1.82) is 0 Å². The summed E-state index contributed by atoms with van der Waals surface area (Å²) in [6.07, 6.45) is 3.27. The third kappa shape index (κ3) is 3.92. The number of hydrogen-bond acceptors (Lipinski definition) is 7. The molecule has 0 saturated carbocycles. The number of pyridine rings is 1. The molecule has 0 saturated heterocycles. The molecule has 0 radical (unpaired) electrons. The lowest BCUT2D eigenvalue weighted by molar-refractivity contribution is -0.386. The SMILES string of the molecule is CCOc1cc([C@@H]2NC(=O)NC(c3cccnc3)=C2c2ccsc2)cc([N+](=O)[O-])c1O. The van der Waals surface area contributed by atoms with Gasteiger partial charge in [0.2, 0.25) is 5.75 Å². The third-order valence-corrected chi connectivity index (χ3v) is 5.44. The number of aromatic nitrogens is 1. The molecule has 9 nitrogen and oxygen atoms in total. The van der Waals surface area contributed by atoms with Gasteiger partial charge in [0.15, 0.2) is 5.75 Å². The number of carbonyl (C=O) groups excluding carboxylic acids is 1. The van der Waals surface area contributed by atoms with Gasteiger partial charge in [0.1, 0.15) is 0 Å². The van der Waals surface area contributed by atoms with Gasteiger partial charge in [-0.1, -0.05) is 0 Å². The molecule has 1 aliphatic rings. The third-order valence-electron chi connectivity index (χ3n) is 4.76. The van der Waals surface area contributed by atoms with Crippen molar-refractivity contribution in [3.05, 3.63) is 80.3 Å². The minimum atomic E-state index is -0.725. The van der Waals surface area contributed by atoms with Crippen LogP contribution in [-0.2, 0) is 0 Å². The van der Waals surface area contributed by atoms with E-state index in [-0.39, 0.29) is 12.4 Å². The van der Waals surface area contributed by atoms with Gasteiger partial charge in [-0.2, -0.15) is 11.3 Å². The summed E-state index contributed by atoms with van der Waals surface area (Å²) in [5.41, 5.74) is 2.72. The molecular formula is C21H18N4O5S. The average Bonchev–Trinajstić information content (AvgIpc) is 3.29. The van der Waals surface area contributed by atoms with Crippen LogP contribution < -0.4 is 15.4 Å². The van der Waals surface area contributed by atoms with Gasteiger partial charge in [0.25, 0.3) is 0 Å². The summed E-state index contributed by atoms with van der Waals surface area (Å²) in [6.45, 7) is 1.92. The normalized spacial score (nSPS) is 15.9. The number of thiophene rings is 1. The molecule has 2 aromatic heterocycles. The molecule has 4 rings (SSSR count). The number of ether oxygens (including phenoxy) is 1. The summed E-state index contributed by atoms with van der Waals surface area (Å²) in [5, 5.41) is 31.3. The van der Waals surface area contributed by atoms with E-state index in [2.05, 4.69) is 15.6 Å². The van der Waals surface area contributed by atoms with Crippen molar-refractivity contribution in [2.45, 2.75) is 13.0 Å². The Morgan fingerprint density at radius 3 is 2.81 bits per heavy atom. The Bertz CT molecular complexity index is 1160. The van der Waals surface area contributed by atoms with Crippen molar-refractivity contribution in [1.82, 2.24) is 15.6 Å². The largest absolute Gasteiger partial charge is 0.500 e. The first-order chi connectivity index (χ1) is 15.0. The van der Waals surface area contributed by atoms with Crippen molar-refractivity contribution in [3.63, 3.8) is 0 Å². The van der Waals surface area contributed by atoms with Crippen LogP contribution in [0.5, 0.6) is 11.5 Å².